The number of rotatable bonds is 5. The van der Waals surface area contributed by atoms with Gasteiger partial charge >= 0.3 is 5.97 Å². The molecule has 2 aliphatic heterocycles. The Balaban J connectivity index is 1.67. The second-order valence-electron chi connectivity index (χ2n) is 6.55. The van der Waals surface area contributed by atoms with Gasteiger partial charge in [0.15, 0.2) is 0 Å². The van der Waals surface area contributed by atoms with E-state index >= 15 is 0 Å². The van der Waals surface area contributed by atoms with Gasteiger partial charge in [-0.1, -0.05) is 13.8 Å². The molecule has 104 valence electrons. The number of aliphatic carboxylic acids is 1. The van der Waals surface area contributed by atoms with Crippen molar-refractivity contribution < 1.29 is 9.90 Å². The van der Waals surface area contributed by atoms with Crippen molar-refractivity contribution in [2.24, 2.45) is 11.3 Å². The summed E-state index contributed by atoms with van der Waals surface area (Å²) in [7, 11) is 0. The Bertz CT molecular complexity index is 288. The highest BCUT2D eigenvalue weighted by Gasteiger charge is 2.44. The van der Waals surface area contributed by atoms with E-state index in [1.54, 1.807) is 0 Å². The minimum atomic E-state index is -0.678. The molecule has 2 fully saturated rings. The molecule has 0 radical (unpaired) electrons. The average molecular weight is 254 g/mol. The molecule has 1 spiro atoms. The maximum absolute atomic E-state index is 10.5. The fourth-order valence-electron chi connectivity index (χ4n) is 3.36. The third kappa shape index (κ3) is 3.45. The predicted molar refractivity (Wildman–Crippen MR) is 71.6 cm³/mol. The van der Waals surface area contributed by atoms with E-state index in [4.69, 9.17) is 5.11 Å². The molecule has 2 saturated heterocycles. The van der Waals surface area contributed by atoms with Crippen molar-refractivity contribution >= 4 is 5.97 Å². The maximum Gasteiger partial charge on any atom is 0.304 e. The number of carboxylic acids is 1. The molecule has 0 aromatic rings. The smallest absolute Gasteiger partial charge is 0.304 e. The van der Waals surface area contributed by atoms with Gasteiger partial charge < -0.3 is 14.9 Å². The van der Waals surface area contributed by atoms with Crippen LogP contribution in [-0.2, 0) is 4.79 Å². The third-order valence-corrected chi connectivity index (χ3v) is 4.30. The van der Waals surface area contributed by atoms with Crippen LogP contribution in [0.25, 0.3) is 0 Å². The van der Waals surface area contributed by atoms with Gasteiger partial charge in [-0.2, -0.15) is 0 Å². The Morgan fingerprint density at radius 1 is 1.22 bits per heavy atom. The van der Waals surface area contributed by atoms with Crippen LogP contribution in [0, 0.1) is 11.3 Å². The second-order valence-corrected chi connectivity index (χ2v) is 6.55. The molecule has 0 aliphatic carbocycles. The molecule has 2 rings (SSSR count). The number of piperidine rings is 1. The molecule has 18 heavy (non-hydrogen) atoms. The largest absolute Gasteiger partial charge is 0.481 e. The monoisotopic (exact) mass is 254 g/mol. The molecular weight excluding hydrogens is 228 g/mol. The molecule has 4 heteroatoms. The Morgan fingerprint density at radius 2 is 1.83 bits per heavy atom. The van der Waals surface area contributed by atoms with Gasteiger partial charge in [-0.3, -0.25) is 4.79 Å². The summed E-state index contributed by atoms with van der Waals surface area (Å²) in [5.41, 5.74) is 0.520. The molecule has 0 atom stereocenters. The van der Waals surface area contributed by atoms with E-state index in [0.717, 1.165) is 25.6 Å². The Hall–Kier alpha value is -0.610. The molecule has 2 heterocycles. The standard InChI is InChI=1S/C14H26N2O2/c1-12(2)9-15-7-4-14(5-8-15)10-16(11-14)6-3-13(17)18/h12H,3-11H2,1-2H3,(H,17,18). The zero-order valence-electron chi connectivity index (χ0n) is 11.7. The van der Waals surface area contributed by atoms with Gasteiger partial charge in [0.25, 0.3) is 0 Å². The first-order valence-electron chi connectivity index (χ1n) is 7.16. The number of carbonyl (C=O) groups is 1. The summed E-state index contributed by atoms with van der Waals surface area (Å²) in [5, 5.41) is 8.67. The lowest BCUT2D eigenvalue weighted by Gasteiger charge is -2.54. The lowest BCUT2D eigenvalue weighted by atomic mass is 9.72. The minimum absolute atomic E-state index is 0.287. The highest BCUT2D eigenvalue weighted by molar-refractivity contribution is 5.66. The van der Waals surface area contributed by atoms with E-state index in [0.29, 0.717) is 5.41 Å². The van der Waals surface area contributed by atoms with Crippen molar-refractivity contribution in [1.82, 2.24) is 9.80 Å². The number of nitrogens with zero attached hydrogens (tertiary/aromatic N) is 2. The van der Waals surface area contributed by atoms with Crippen LogP contribution in [0.4, 0.5) is 0 Å². The highest BCUT2D eigenvalue weighted by atomic mass is 16.4. The van der Waals surface area contributed by atoms with Crippen LogP contribution in [0.5, 0.6) is 0 Å². The molecule has 0 unspecified atom stereocenters. The molecule has 0 aromatic carbocycles. The zero-order valence-corrected chi connectivity index (χ0v) is 11.7. The molecule has 0 amide bonds. The summed E-state index contributed by atoms with van der Waals surface area (Å²) >= 11 is 0. The Morgan fingerprint density at radius 3 is 2.33 bits per heavy atom. The van der Waals surface area contributed by atoms with Crippen LogP contribution in [-0.4, -0.2) is 60.1 Å². The van der Waals surface area contributed by atoms with E-state index in [1.165, 1.54) is 32.5 Å². The lowest BCUT2D eigenvalue weighted by molar-refractivity contribution is -0.138. The van der Waals surface area contributed by atoms with Crippen molar-refractivity contribution in [2.75, 3.05) is 39.3 Å². The Labute approximate surface area is 110 Å². The summed E-state index contributed by atoms with van der Waals surface area (Å²) in [6.45, 7) is 11.2. The Kier molecular flexibility index (Phi) is 4.28. The number of hydrogen-bond acceptors (Lipinski definition) is 3. The van der Waals surface area contributed by atoms with E-state index in [1.807, 2.05) is 0 Å². The van der Waals surface area contributed by atoms with Crippen LogP contribution in [0.2, 0.25) is 0 Å². The van der Waals surface area contributed by atoms with Crippen molar-refractivity contribution in [1.29, 1.82) is 0 Å². The predicted octanol–water partition coefficient (Wildman–Crippen LogP) is 1.51. The topological polar surface area (TPSA) is 43.8 Å². The van der Waals surface area contributed by atoms with Crippen LogP contribution in [0.1, 0.15) is 33.1 Å². The fourth-order valence-corrected chi connectivity index (χ4v) is 3.36. The third-order valence-electron chi connectivity index (χ3n) is 4.30. The first kappa shape index (κ1) is 13.8. The van der Waals surface area contributed by atoms with E-state index < -0.39 is 5.97 Å². The number of carboxylic acid groups (broad SMARTS) is 1. The summed E-state index contributed by atoms with van der Waals surface area (Å²) in [6.07, 6.45) is 2.88. The van der Waals surface area contributed by atoms with Gasteiger partial charge in [0, 0.05) is 26.2 Å². The first-order chi connectivity index (χ1) is 8.49. The fraction of sp³-hybridized carbons (Fsp3) is 0.929. The van der Waals surface area contributed by atoms with Crippen molar-refractivity contribution in [2.45, 2.75) is 33.1 Å². The maximum atomic E-state index is 10.5. The van der Waals surface area contributed by atoms with Crippen molar-refractivity contribution in [3.63, 3.8) is 0 Å². The van der Waals surface area contributed by atoms with Crippen molar-refractivity contribution in [3.05, 3.63) is 0 Å². The molecule has 0 bridgehead atoms. The summed E-state index contributed by atoms with van der Waals surface area (Å²) in [4.78, 5) is 15.4. The number of likely N-dealkylation sites (tertiary alicyclic amines) is 2. The van der Waals surface area contributed by atoms with Gasteiger partial charge in [0.2, 0.25) is 0 Å². The first-order valence-corrected chi connectivity index (χ1v) is 7.16. The summed E-state index contributed by atoms with van der Waals surface area (Å²) in [6, 6.07) is 0. The van der Waals surface area contributed by atoms with Crippen LogP contribution >= 0.6 is 0 Å². The van der Waals surface area contributed by atoms with Gasteiger partial charge in [0.1, 0.15) is 0 Å². The van der Waals surface area contributed by atoms with E-state index in [-0.39, 0.29) is 6.42 Å². The highest BCUT2D eigenvalue weighted by Crippen LogP contribution is 2.40. The zero-order chi connectivity index (χ0) is 13.2. The second kappa shape index (κ2) is 5.57. The van der Waals surface area contributed by atoms with Gasteiger partial charge in [-0.15, -0.1) is 0 Å². The lowest BCUT2D eigenvalue weighted by Crippen LogP contribution is -2.60. The van der Waals surface area contributed by atoms with Crippen LogP contribution in [0.3, 0.4) is 0 Å². The average Bonchev–Trinajstić information content (AvgIpc) is 2.24. The summed E-state index contributed by atoms with van der Waals surface area (Å²) < 4.78 is 0. The van der Waals surface area contributed by atoms with Gasteiger partial charge in [0.05, 0.1) is 6.42 Å². The van der Waals surface area contributed by atoms with E-state index in [9.17, 15) is 4.79 Å². The summed E-state index contributed by atoms with van der Waals surface area (Å²) in [5.74, 6) is 0.0789. The minimum Gasteiger partial charge on any atom is -0.481 e. The van der Waals surface area contributed by atoms with Gasteiger partial charge in [-0.25, -0.2) is 0 Å². The molecule has 1 N–H and O–H groups in total. The molecule has 0 aromatic heterocycles. The van der Waals surface area contributed by atoms with Gasteiger partial charge in [-0.05, 0) is 37.3 Å². The SMILES string of the molecule is CC(C)CN1CCC2(CC1)CN(CCC(=O)O)C2. The molecule has 2 aliphatic rings. The quantitative estimate of drug-likeness (QED) is 0.808. The van der Waals surface area contributed by atoms with Crippen molar-refractivity contribution in [3.8, 4) is 0 Å². The molecule has 4 nitrogen and oxygen atoms in total. The normalized spacial score (nSPS) is 24.4. The van der Waals surface area contributed by atoms with E-state index in [2.05, 4.69) is 23.6 Å². The molecular formula is C14H26N2O2. The molecule has 0 saturated carbocycles. The van der Waals surface area contributed by atoms with Crippen LogP contribution < -0.4 is 0 Å². The van der Waals surface area contributed by atoms with Crippen LogP contribution in [0.15, 0.2) is 0 Å². The number of hydrogen-bond donors (Lipinski definition) is 1.